The maximum absolute atomic E-state index is 4.06. The van der Waals surface area contributed by atoms with E-state index in [0.29, 0.717) is 0 Å². The minimum absolute atomic E-state index is 0.200. The van der Waals surface area contributed by atoms with Crippen LogP contribution in [0.1, 0.15) is 28.3 Å². The molecule has 0 amide bonds. The van der Waals surface area contributed by atoms with Gasteiger partial charge in [0.15, 0.2) is 0 Å². The molecule has 0 radical (unpaired) electrons. The van der Waals surface area contributed by atoms with Crippen molar-refractivity contribution in [3.8, 4) is 0 Å². The summed E-state index contributed by atoms with van der Waals surface area (Å²) in [6, 6.07) is 4.57. The topological polar surface area (TPSA) is 37.8 Å². The molecule has 2 heterocycles. The van der Waals surface area contributed by atoms with Crippen molar-refractivity contribution in [1.82, 2.24) is 15.3 Å². The molecule has 3 nitrogen and oxygen atoms in total. The Balaban J connectivity index is 2.29. The van der Waals surface area contributed by atoms with E-state index < -0.39 is 0 Å². The van der Waals surface area contributed by atoms with E-state index in [0.717, 1.165) is 12.0 Å². The number of aryl methyl sites for hydroxylation is 1. The van der Waals surface area contributed by atoms with Gasteiger partial charge in [-0.3, -0.25) is 0 Å². The molecular formula is C12H15N3S. The maximum Gasteiger partial charge on any atom is 0.115 e. The minimum Gasteiger partial charge on any atom is -0.309 e. The summed E-state index contributed by atoms with van der Waals surface area (Å²) in [5.41, 5.74) is 1.11. The summed E-state index contributed by atoms with van der Waals surface area (Å²) in [4.78, 5) is 10.8. The van der Waals surface area contributed by atoms with Crippen molar-refractivity contribution in [1.29, 1.82) is 0 Å². The van der Waals surface area contributed by atoms with Crippen LogP contribution in [0.2, 0.25) is 0 Å². The molecule has 0 saturated heterocycles. The first kappa shape index (κ1) is 11.2. The molecule has 0 fully saturated rings. The number of nitrogens with one attached hydrogen (secondary N) is 1. The zero-order chi connectivity index (χ0) is 11.4. The van der Waals surface area contributed by atoms with Gasteiger partial charge in [-0.05, 0) is 25.6 Å². The van der Waals surface area contributed by atoms with Crippen molar-refractivity contribution in [2.24, 2.45) is 0 Å². The Morgan fingerprint density at radius 1 is 1.31 bits per heavy atom. The summed E-state index contributed by atoms with van der Waals surface area (Å²) in [7, 11) is 1.96. The van der Waals surface area contributed by atoms with Gasteiger partial charge in [-0.1, -0.05) is 6.92 Å². The summed E-state index contributed by atoms with van der Waals surface area (Å²) in [5, 5.41) is 3.30. The molecule has 84 valence electrons. The maximum atomic E-state index is 4.06. The standard InChI is InChI=1S/C12H15N3S/c1-3-10-4-5-11(16-10)12(13-2)9-6-14-8-15-7-9/h4-8,12-13H,3H2,1-2H3. The molecule has 0 aromatic carbocycles. The van der Waals surface area contributed by atoms with Gasteiger partial charge < -0.3 is 5.32 Å². The number of thiophene rings is 1. The number of aromatic nitrogens is 2. The van der Waals surface area contributed by atoms with Gasteiger partial charge in [0, 0.05) is 27.7 Å². The SMILES string of the molecule is CCc1ccc(C(NC)c2cncnc2)s1. The van der Waals surface area contributed by atoms with E-state index in [1.165, 1.54) is 9.75 Å². The van der Waals surface area contributed by atoms with Crippen LogP contribution in [0.5, 0.6) is 0 Å². The van der Waals surface area contributed by atoms with Crippen molar-refractivity contribution in [3.05, 3.63) is 46.2 Å². The van der Waals surface area contributed by atoms with Crippen molar-refractivity contribution >= 4 is 11.3 Å². The molecular weight excluding hydrogens is 218 g/mol. The molecule has 1 atom stereocenters. The van der Waals surface area contributed by atoms with E-state index in [1.807, 2.05) is 30.8 Å². The first-order valence-electron chi connectivity index (χ1n) is 5.36. The molecule has 0 aliphatic carbocycles. The molecule has 0 saturated carbocycles. The highest BCUT2D eigenvalue weighted by Gasteiger charge is 2.14. The predicted octanol–water partition coefficient (Wildman–Crippen LogP) is 2.41. The van der Waals surface area contributed by atoms with E-state index in [2.05, 4.69) is 34.3 Å². The number of rotatable bonds is 4. The first-order valence-corrected chi connectivity index (χ1v) is 6.17. The molecule has 16 heavy (non-hydrogen) atoms. The summed E-state index contributed by atoms with van der Waals surface area (Å²) in [6.45, 7) is 2.18. The molecule has 0 aliphatic rings. The third-order valence-corrected chi connectivity index (χ3v) is 3.81. The Morgan fingerprint density at radius 2 is 2.06 bits per heavy atom. The molecule has 1 N–H and O–H groups in total. The zero-order valence-electron chi connectivity index (χ0n) is 9.47. The van der Waals surface area contributed by atoms with Crippen LogP contribution in [0.25, 0.3) is 0 Å². The van der Waals surface area contributed by atoms with Gasteiger partial charge in [0.2, 0.25) is 0 Å². The second-order valence-electron chi connectivity index (χ2n) is 3.55. The fourth-order valence-electron chi connectivity index (χ4n) is 1.67. The average molecular weight is 233 g/mol. The van der Waals surface area contributed by atoms with Gasteiger partial charge in [-0.15, -0.1) is 11.3 Å². The van der Waals surface area contributed by atoms with Gasteiger partial charge in [0.05, 0.1) is 6.04 Å². The second kappa shape index (κ2) is 5.18. The van der Waals surface area contributed by atoms with Crippen LogP contribution in [0.4, 0.5) is 0 Å². The van der Waals surface area contributed by atoms with Crippen LogP contribution in [0.15, 0.2) is 30.9 Å². The Kier molecular flexibility index (Phi) is 3.64. The Hall–Kier alpha value is -1.26. The molecule has 0 spiro atoms. The summed E-state index contributed by atoms with van der Waals surface area (Å²) < 4.78 is 0. The van der Waals surface area contributed by atoms with E-state index in [4.69, 9.17) is 0 Å². The molecule has 0 bridgehead atoms. The second-order valence-corrected chi connectivity index (χ2v) is 4.75. The van der Waals surface area contributed by atoms with Crippen molar-refractivity contribution in [2.45, 2.75) is 19.4 Å². The van der Waals surface area contributed by atoms with Crippen molar-refractivity contribution in [2.75, 3.05) is 7.05 Å². The minimum atomic E-state index is 0.200. The Morgan fingerprint density at radius 3 is 2.62 bits per heavy atom. The van der Waals surface area contributed by atoms with Crippen LogP contribution in [0, 0.1) is 0 Å². The van der Waals surface area contributed by atoms with Gasteiger partial charge in [-0.2, -0.15) is 0 Å². The smallest absolute Gasteiger partial charge is 0.115 e. The lowest BCUT2D eigenvalue weighted by Crippen LogP contribution is -2.16. The number of nitrogens with zero attached hydrogens (tertiary/aromatic N) is 2. The average Bonchev–Trinajstić information content (AvgIpc) is 2.80. The summed E-state index contributed by atoms with van der Waals surface area (Å²) in [5.74, 6) is 0. The van der Waals surface area contributed by atoms with Crippen LogP contribution >= 0.6 is 11.3 Å². The van der Waals surface area contributed by atoms with Gasteiger partial charge in [0.1, 0.15) is 6.33 Å². The van der Waals surface area contributed by atoms with Crippen LogP contribution in [-0.4, -0.2) is 17.0 Å². The fraction of sp³-hybridized carbons (Fsp3) is 0.333. The molecule has 0 aliphatic heterocycles. The van der Waals surface area contributed by atoms with Gasteiger partial charge in [0.25, 0.3) is 0 Å². The molecule has 2 rings (SSSR count). The molecule has 4 heteroatoms. The normalized spacial score (nSPS) is 12.6. The highest BCUT2D eigenvalue weighted by molar-refractivity contribution is 7.12. The lowest BCUT2D eigenvalue weighted by molar-refractivity contribution is 0.696. The monoisotopic (exact) mass is 233 g/mol. The van der Waals surface area contributed by atoms with Gasteiger partial charge >= 0.3 is 0 Å². The largest absolute Gasteiger partial charge is 0.309 e. The molecule has 1 unspecified atom stereocenters. The van der Waals surface area contributed by atoms with Crippen LogP contribution in [0.3, 0.4) is 0 Å². The highest BCUT2D eigenvalue weighted by Crippen LogP contribution is 2.27. The van der Waals surface area contributed by atoms with Crippen molar-refractivity contribution < 1.29 is 0 Å². The first-order chi connectivity index (χ1) is 7.85. The van der Waals surface area contributed by atoms with E-state index in [9.17, 15) is 0 Å². The molecule has 2 aromatic rings. The number of hydrogen-bond acceptors (Lipinski definition) is 4. The quantitative estimate of drug-likeness (QED) is 0.881. The fourth-order valence-corrected chi connectivity index (χ4v) is 2.76. The summed E-state index contributed by atoms with van der Waals surface area (Å²) in [6.07, 6.45) is 6.37. The zero-order valence-corrected chi connectivity index (χ0v) is 10.3. The van der Waals surface area contributed by atoms with E-state index in [-0.39, 0.29) is 6.04 Å². The molecule has 2 aromatic heterocycles. The third kappa shape index (κ3) is 2.28. The van der Waals surface area contributed by atoms with Crippen LogP contribution < -0.4 is 5.32 Å². The number of hydrogen-bond donors (Lipinski definition) is 1. The van der Waals surface area contributed by atoms with Crippen molar-refractivity contribution in [3.63, 3.8) is 0 Å². The lowest BCUT2D eigenvalue weighted by atomic mass is 10.1. The van der Waals surface area contributed by atoms with Crippen LogP contribution in [-0.2, 0) is 6.42 Å². The third-order valence-electron chi connectivity index (χ3n) is 2.52. The van der Waals surface area contributed by atoms with E-state index in [1.54, 1.807) is 6.33 Å². The summed E-state index contributed by atoms with van der Waals surface area (Å²) >= 11 is 1.84. The predicted molar refractivity (Wildman–Crippen MR) is 66.6 cm³/mol. The Labute approximate surface area is 99.6 Å². The van der Waals surface area contributed by atoms with Gasteiger partial charge in [-0.25, -0.2) is 9.97 Å². The Bertz CT molecular complexity index is 439. The van der Waals surface area contributed by atoms with E-state index >= 15 is 0 Å². The highest BCUT2D eigenvalue weighted by atomic mass is 32.1. The lowest BCUT2D eigenvalue weighted by Gasteiger charge is -2.13.